The maximum atomic E-state index is 10.4. The molecule has 0 bridgehead atoms. The van der Waals surface area contributed by atoms with Gasteiger partial charge in [-0.3, -0.25) is 4.79 Å². The molecule has 1 saturated heterocycles. The summed E-state index contributed by atoms with van der Waals surface area (Å²) in [5, 5.41) is 11.7. The van der Waals surface area contributed by atoms with Gasteiger partial charge in [-0.1, -0.05) is 6.92 Å². The predicted octanol–water partition coefficient (Wildman–Crippen LogP) is 0.211. The topological polar surface area (TPSA) is 49.3 Å². The van der Waals surface area contributed by atoms with Crippen LogP contribution in [-0.4, -0.2) is 23.2 Å². The monoisotopic (exact) mass is 141 g/mol. The highest BCUT2D eigenvalue weighted by Gasteiger charge is 2.58. The Bertz CT molecular complexity index is 192. The van der Waals surface area contributed by atoms with E-state index in [0.29, 0.717) is 11.5 Å². The second-order valence-corrected chi connectivity index (χ2v) is 3.67. The number of fused-ring (bicyclic) bond motifs is 1. The highest BCUT2D eigenvalue weighted by atomic mass is 16.4. The van der Waals surface area contributed by atoms with E-state index >= 15 is 0 Å². The molecule has 0 radical (unpaired) electrons. The SMILES string of the molecule is CC12CC(C(=O)O)NC1C2. The molecule has 2 rings (SSSR count). The summed E-state index contributed by atoms with van der Waals surface area (Å²) >= 11 is 0. The Morgan fingerprint density at radius 3 is 2.70 bits per heavy atom. The van der Waals surface area contributed by atoms with Crippen LogP contribution in [0.3, 0.4) is 0 Å². The standard InChI is InChI=1S/C7H11NO2/c1-7-2-4(6(9)10)8-5(7)3-7/h4-5,8H,2-3H2,1H3,(H,9,10). The molecule has 0 aromatic carbocycles. The molecule has 1 aliphatic heterocycles. The molecule has 3 nitrogen and oxygen atoms in total. The van der Waals surface area contributed by atoms with E-state index in [1.165, 1.54) is 0 Å². The second kappa shape index (κ2) is 1.53. The first-order valence-corrected chi connectivity index (χ1v) is 3.61. The molecule has 3 unspecified atom stereocenters. The molecular formula is C7H11NO2. The minimum Gasteiger partial charge on any atom is -0.480 e. The molecule has 0 aromatic rings. The number of piperidine rings is 1. The van der Waals surface area contributed by atoms with Crippen molar-refractivity contribution in [2.75, 3.05) is 0 Å². The van der Waals surface area contributed by atoms with Crippen molar-refractivity contribution in [2.24, 2.45) is 5.41 Å². The molecule has 3 atom stereocenters. The van der Waals surface area contributed by atoms with Crippen LogP contribution in [0.15, 0.2) is 0 Å². The zero-order valence-electron chi connectivity index (χ0n) is 5.92. The molecular weight excluding hydrogens is 130 g/mol. The van der Waals surface area contributed by atoms with Gasteiger partial charge in [0, 0.05) is 6.04 Å². The average molecular weight is 141 g/mol. The van der Waals surface area contributed by atoms with Gasteiger partial charge >= 0.3 is 5.97 Å². The van der Waals surface area contributed by atoms with Crippen LogP contribution in [-0.2, 0) is 4.79 Å². The van der Waals surface area contributed by atoms with Crippen LogP contribution in [0, 0.1) is 5.41 Å². The van der Waals surface area contributed by atoms with Gasteiger partial charge in [-0.25, -0.2) is 0 Å². The zero-order valence-corrected chi connectivity index (χ0v) is 5.92. The fourth-order valence-electron chi connectivity index (χ4n) is 1.82. The lowest BCUT2D eigenvalue weighted by molar-refractivity contribution is -0.139. The number of rotatable bonds is 1. The fourth-order valence-corrected chi connectivity index (χ4v) is 1.82. The highest BCUT2D eigenvalue weighted by Crippen LogP contribution is 2.53. The van der Waals surface area contributed by atoms with Crippen LogP contribution >= 0.6 is 0 Å². The first-order valence-electron chi connectivity index (χ1n) is 3.61. The predicted molar refractivity (Wildman–Crippen MR) is 35.7 cm³/mol. The number of carboxylic acids is 1. The Kier molecular flexibility index (Phi) is 0.944. The third-order valence-electron chi connectivity index (χ3n) is 2.72. The molecule has 56 valence electrons. The van der Waals surface area contributed by atoms with E-state index in [4.69, 9.17) is 5.11 Å². The minimum absolute atomic E-state index is 0.274. The van der Waals surface area contributed by atoms with Crippen molar-refractivity contribution in [1.29, 1.82) is 0 Å². The van der Waals surface area contributed by atoms with E-state index in [2.05, 4.69) is 12.2 Å². The molecule has 10 heavy (non-hydrogen) atoms. The largest absolute Gasteiger partial charge is 0.480 e. The van der Waals surface area contributed by atoms with Crippen LogP contribution in [0.2, 0.25) is 0 Å². The fraction of sp³-hybridized carbons (Fsp3) is 0.857. The molecule has 2 aliphatic rings. The highest BCUT2D eigenvalue weighted by molar-refractivity contribution is 5.74. The first-order chi connectivity index (χ1) is 4.62. The van der Waals surface area contributed by atoms with Crippen molar-refractivity contribution in [1.82, 2.24) is 5.32 Å². The Morgan fingerprint density at radius 2 is 2.40 bits per heavy atom. The lowest BCUT2D eigenvalue weighted by Gasteiger charge is -2.07. The summed E-state index contributed by atoms with van der Waals surface area (Å²) in [7, 11) is 0. The second-order valence-electron chi connectivity index (χ2n) is 3.67. The molecule has 1 aliphatic carbocycles. The third kappa shape index (κ3) is 0.669. The number of carbonyl (C=O) groups is 1. The summed E-state index contributed by atoms with van der Waals surface area (Å²) in [4.78, 5) is 10.4. The van der Waals surface area contributed by atoms with E-state index in [9.17, 15) is 4.79 Å². The summed E-state index contributed by atoms with van der Waals surface area (Å²) in [6, 6.07) is 0.220. The van der Waals surface area contributed by atoms with Crippen molar-refractivity contribution in [3.05, 3.63) is 0 Å². The molecule has 0 aromatic heterocycles. The van der Waals surface area contributed by atoms with Gasteiger partial charge in [0.2, 0.25) is 0 Å². The smallest absolute Gasteiger partial charge is 0.320 e. The van der Waals surface area contributed by atoms with Gasteiger partial charge in [0.15, 0.2) is 0 Å². The Balaban J connectivity index is 2.04. The van der Waals surface area contributed by atoms with Gasteiger partial charge in [-0.2, -0.15) is 0 Å². The molecule has 2 fully saturated rings. The van der Waals surface area contributed by atoms with Crippen LogP contribution in [0.5, 0.6) is 0 Å². The molecule has 1 heterocycles. The molecule has 3 heteroatoms. The Hall–Kier alpha value is -0.570. The summed E-state index contributed by atoms with van der Waals surface area (Å²) < 4.78 is 0. The number of hydrogen-bond acceptors (Lipinski definition) is 2. The zero-order chi connectivity index (χ0) is 7.35. The Morgan fingerprint density at radius 1 is 1.70 bits per heavy atom. The van der Waals surface area contributed by atoms with Crippen molar-refractivity contribution in [3.8, 4) is 0 Å². The van der Waals surface area contributed by atoms with Crippen molar-refractivity contribution >= 4 is 5.97 Å². The average Bonchev–Trinajstić information content (AvgIpc) is 2.32. The molecule has 2 N–H and O–H groups in total. The van der Waals surface area contributed by atoms with Crippen LogP contribution in [0.1, 0.15) is 19.8 Å². The van der Waals surface area contributed by atoms with Gasteiger partial charge in [0.25, 0.3) is 0 Å². The molecule has 0 spiro atoms. The summed E-state index contributed by atoms with van der Waals surface area (Å²) in [6.45, 7) is 2.15. The maximum absolute atomic E-state index is 10.4. The van der Waals surface area contributed by atoms with Crippen molar-refractivity contribution in [3.63, 3.8) is 0 Å². The van der Waals surface area contributed by atoms with E-state index in [0.717, 1.165) is 12.8 Å². The van der Waals surface area contributed by atoms with Crippen molar-refractivity contribution < 1.29 is 9.90 Å². The van der Waals surface area contributed by atoms with Gasteiger partial charge in [0.1, 0.15) is 6.04 Å². The lowest BCUT2D eigenvalue weighted by Crippen LogP contribution is -2.33. The Labute approximate surface area is 59.4 Å². The normalized spacial score (nSPS) is 50.5. The lowest BCUT2D eigenvalue weighted by atomic mass is 10.0. The first kappa shape index (κ1) is 6.16. The summed E-state index contributed by atoms with van der Waals surface area (Å²) in [6.07, 6.45) is 1.98. The molecule has 1 saturated carbocycles. The van der Waals surface area contributed by atoms with Crippen molar-refractivity contribution in [2.45, 2.75) is 31.8 Å². The quantitative estimate of drug-likeness (QED) is 0.549. The van der Waals surface area contributed by atoms with Crippen LogP contribution in [0.4, 0.5) is 0 Å². The maximum Gasteiger partial charge on any atom is 0.320 e. The van der Waals surface area contributed by atoms with Gasteiger partial charge in [0.05, 0.1) is 0 Å². The van der Waals surface area contributed by atoms with E-state index in [-0.39, 0.29) is 6.04 Å². The van der Waals surface area contributed by atoms with Gasteiger partial charge in [-0.05, 0) is 18.3 Å². The van der Waals surface area contributed by atoms with Crippen LogP contribution < -0.4 is 5.32 Å². The van der Waals surface area contributed by atoms with Gasteiger partial charge < -0.3 is 10.4 Å². The number of carboxylic acid groups (broad SMARTS) is 1. The minimum atomic E-state index is -0.701. The third-order valence-corrected chi connectivity index (χ3v) is 2.72. The summed E-state index contributed by atoms with van der Waals surface area (Å²) in [5.41, 5.74) is 0.322. The number of nitrogens with one attached hydrogen (secondary N) is 1. The number of aliphatic carboxylic acids is 1. The molecule has 0 amide bonds. The van der Waals surface area contributed by atoms with E-state index < -0.39 is 5.97 Å². The summed E-state index contributed by atoms with van der Waals surface area (Å²) in [5.74, 6) is -0.701. The number of hydrogen-bond donors (Lipinski definition) is 2. The van der Waals surface area contributed by atoms with Gasteiger partial charge in [-0.15, -0.1) is 0 Å². The van der Waals surface area contributed by atoms with E-state index in [1.54, 1.807) is 0 Å². The van der Waals surface area contributed by atoms with E-state index in [1.807, 2.05) is 0 Å². The van der Waals surface area contributed by atoms with Crippen LogP contribution in [0.25, 0.3) is 0 Å².